The van der Waals surface area contributed by atoms with Gasteiger partial charge in [0.25, 0.3) is 0 Å². The molecule has 20 heavy (non-hydrogen) atoms. The van der Waals surface area contributed by atoms with Gasteiger partial charge in [0.15, 0.2) is 6.49 Å². The molecule has 2 unspecified atom stereocenters. The average Bonchev–Trinajstić information content (AvgIpc) is 2.51. The van der Waals surface area contributed by atoms with E-state index in [1.807, 2.05) is 41.5 Å². The quantitative estimate of drug-likeness (QED) is 0.602. The molecule has 116 valence electrons. The normalized spacial score (nSPS) is 37.5. The Morgan fingerprint density at radius 1 is 1.40 bits per heavy atom. The zero-order valence-electron chi connectivity index (χ0n) is 13.2. The molecule has 1 fully saturated rings. The van der Waals surface area contributed by atoms with Gasteiger partial charge in [-0.05, 0) is 32.6 Å². The van der Waals surface area contributed by atoms with Crippen molar-refractivity contribution in [2.24, 2.45) is 5.92 Å². The van der Waals surface area contributed by atoms with E-state index in [1.165, 1.54) is 0 Å². The molecule has 1 heterocycles. The highest BCUT2D eigenvalue weighted by atomic mass is 32.5. The van der Waals surface area contributed by atoms with Gasteiger partial charge in [0.2, 0.25) is 0 Å². The van der Waals surface area contributed by atoms with Crippen LogP contribution in [0.15, 0.2) is 0 Å². The number of ether oxygens (including phenoxy) is 2. The largest absolute Gasteiger partial charge is 0.376 e. The molecular formula is C13H26BO4PS. The summed E-state index contributed by atoms with van der Waals surface area (Å²) in [6, 6.07) is -0.442. The molecule has 1 aliphatic rings. The van der Waals surface area contributed by atoms with Crippen LogP contribution in [0.2, 0.25) is 0 Å². The summed E-state index contributed by atoms with van der Waals surface area (Å²) in [5, 5.41) is 0. The first-order chi connectivity index (χ1) is 8.99. The Morgan fingerprint density at radius 3 is 2.40 bits per heavy atom. The molecule has 0 aromatic carbocycles. The molecule has 0 aliphatic carbocycles. The van der Waals surface area contributed by atoms with Gasteiger partial charge in [-0.2, -0.15) is 0 Å². The maximum Gasteiger partial charge on any atom is 0.189 e. The minimum absolute atomic E-state index is 0.0519. The van der Waals surface area contributed by atoms with Gasteiger partial charge in [-0.25, -0.2) is 0 Å². The van der Waals surface area contributed by atoms with Gasteiger partial charge < -0.3 is 18.9 Å². The summed E-state index contributed by atoms with van der Waals surface area (Å²) in [5.74, 6) is -0.0519. The summed E-state index contributed by atoms with van der Waals surface area (Å²) in [6.45, 7) is 9.00. The fraction of sp³-hybridized carbons (Fsp3) is 1.00. The zero-order valence-corrected chi connectivity index (χ0v) is 14.9. The highest BCUT2D eigenvalue weighted by molar-refractivity contribution is 8.09. The summed E-state index contributed by atoms with van der Waals surface area (Å²) in [7, 11) is 5.98. The molecule has 5 atom stereocenters. The van der Waals surface area contributed by atoms with Crippen LogP contribution in [-0.2, 0) is 25.8 Å². The summed E-state index contributed by atoms with van der Waals surface area (Å²) in [6.07, 6.45) is -0.278. The molecule has 4 nitrogen and oxygen atoms in total. The van der Waals surface area contributed by atoms with Gasteiger partial charge in [0, 0.05) is 17.6 Å². The van der Waals surface area contributed by atoms with Crippen LogP contribution in [0.25, 0.3) is 0 Å². The summed E-state index contributed by atoms with van der Waals surface area (Å²) in [5.41, 5.74) is -0.790. The highest BCUT2D eigenvalue weighted by Gasteiger charge is 2.51. The Kier molecular flexibility index (Phi) is 6.29. The molecule has 1 rings (SSSR count). The van der Waals surface area contributed by atoms with Crippen molar-refractivity contribution in [3.8, 4) is 0 Å². The van der Waals surface area contributed by atoms with Crippen molar-refractivity contribution in [3.63, 3.8) is 0 Å². The molecule has 0 saturated carbocycles. The first-order valence-electron chi connectivity index (χ1n) is 7.05. The Bertz CT molecular complexity index is 379. The third-order valence-electron chi connectivity index (χ3n) is 3.62. The van der Waals surface area contributed by atoms with Gasteiger partial charge in [0.1, 0.15) is 19.6 Å². The van der Waals surface area contributed by atoms with E-state index in [2.05, 4.69) is 0 Å². The predicted molar refractivity (Wildman–Crippen MR) is 85.8 cm³/mol. The molecule has 0 bridgehead atoms. The fourth-order valence-corrected chi connectivity index (χ4v) is 3.42. The number of rotatable bonds is 6. The van der Waals surface area contributed by atoms with E-state index in [0.717, 1.165) is 0 Å². The van der Waals surface area contributed by atoms with E-state index in [1.54, 1.807) is 0 Å². The van der Waals surface area contributed by atoms with E-state index in [0.29, 0.717) is 6.61 Å². The molecule has 2 radical (unpaired) electrons. The lowest BCUT2D eigenvalue weighted by Crippen LogP contribution is -2.44. The summed E-state index contributed by atoms with van der Waals surface area (Å²) >= 11 is 5.24. The Hall–Kier alpha value is 0.555. The van der Waals surface area contributed by atoms with Gasteiger partial charge in [-0.1, -0.05) is 20.8 Å². The second kappa shape index (κ2) is 6.76. The van der Waals surface area contributed by atoms with E-state index in [-0.39, 0.29) is 23.8 Å². The molecule has 0 aromatic heterocycles. The van der Waals surface area contributed by atoms with Crippen LogP contribution >= 0.6 is 6.49 Å². The van der Waals surface area contributed by atoms with Crippen LogP contribution in [0, 0.1) is 5.92 Å². The first kappa shape index (κ1) is 18.6. The number of hydrogen-bond donors (Lipinski definition) is 1. The predicted octanol–water partition coefficient (Wildman–Crippen LogP) is 2.43. The van der Waals surface area contributed by atoms with E-state index >= 15 is 0 Å². The van der Waals surface area contributed by atoms with Gasteiger partial charge in [0.05, 0.1) is 12.7 Å². The van der Waals surface area contributed by atoms with Crippen LogP contribution in [0.1, 0.15) is 41.5 Å². The monoisotopic (exact) mass is 320 g/mol. The number of hydrogen-bond acceptors (Lipinski definition) is 4. The zero-order chi connectivity index (χ0) is 15.7. The van der Waals surface area contributed by atoms with Crippen molar-refractivity contribution in [2.45, 2.75) is 71.0 Å². The molecule has 1 saturated heterocycles. The maximum atomic E-state index is 10.3. The van der Waals surface area contributed by atoms with Crippen molar-refractivity contribution in [3.05, 3.63) is 0 Å². The fourth-order valence-electron chi connectivity index (χ4n) is 2.15. The van der Waals surface area contributed by atoms with E-state index in [9.17, 15) is 4.89 Å². The lowest BCUT2D eigenvalue weighted by Gasteiger charge is -2.35. The molecular weight excluding hydrogens is 294 g/mol. The lowest BCUT2D eigenvalue weighted by molar-refractivity contribution is -0.107. The van der Waals surface area contributed by atoms with Crippen molar-refractivity contribution in [2.75, 3.05) is 6.61 Å². The van der Waals surface area contributed by atoms with E-state index in [4.69, 9.17) is 33.7 Å². The van der Waals surface area contributed by atoms with Crippen LogP contribution in [0.5, 0.6) is 0 Å². The molecule has 7 heteroatoms. The van der Waals surface area contributed by atoms with Gasteiger partial charge in [-0.15, -0.1) is 0 Å². The molecule has 1 N–H and O–H groups in total. The standard InChI is InChI=1S/C13H26BO4PS/c1-8(2)16-7-13(6)11(10(5)12(14)17-13)18-19(15,20)9(3)4/h8-12H,7H2,1-6H3,(H,15,20)/t10-,11?,12+,13+,19?/m0/s1. The van der Waals surface area contributed by atoms with Crippen molar-refractivity contribution in [1.82, 2.24) is 0 Å². The topological polar surface area (TPSA) is 47.9 Å². The first-order valence-corrected chi connectivity index (χ1v) is 9.79. The third-order valence-corrected chi connectivity index (χ3v) is 6.98. The molecule has 0 aromatic rings. The second-order valence-electron chi connectivity index (χ2n) is 6.30. The Balaban J connectivity index is 2.90. The van der Waals surface area contributed by atoms with Crippen molar-refractivity contribution in [1.29, 1.82) is 0 Å². The van der Waals surface area contributed by atoms with Crippen molar-refractivity contribution < 1.29 is 18.9 Å². The summed E-state index contributed by atoms with van der Waals surface area (Å²) < 4.78 is 17.4. The SMILES string of the molecule is [B][C@@H]1O[C@](C)(COC(C)C)C(OP(O)(=S)C(C)C)[C@@H]1C. The molecule has 0 amide bonds. The van der Waals surface area contributed by atoms with Gasteiger partial charge in [-0.3, -0.25) is 0 Å². The Morgan fingerprint density at radius 2 is 1.95 bits per heavy atom. The van der Waals surface area contributed by atoms with E-state index < -0.39 is 18.1 Å². The van der Waals surface area contributed by atoms with Crippen LogP contribution < -0.4 is 0 Å². The Labute approximate surface area is 129 Å². The van der Waals surface area contributed by atoms with Gasteiger partial charge >= 0.3 is 0 Å². The highest BCUT2D eigenvalue weighted by Crippen LogP contribution is 2.53. The maximum absolute atomic E-state index is 10.3. The second-order valence-corrected chi connectivity index (χ2v) is 10.2. The smallest absolute Gasteiger partial charge is 0.189 e. The van der Waals surface area contributed by atoms with Crippen LogP contribution in [-0.4, -0.2) is 48.8 Å². The summed E-state index contributed by atoms with van der Waals surface area (Å²) in [4.78, 5) is 10.3. The minimum Gasteiger partial charge on any atom is -0.376 e. The minimum atomic E-state index is -2.86. The molecule has 1 aliphatic heterocycles. The van der Waals surface area contributed by atoms with Crippen LogP contribution in [0.4, 0.5) is 0 Å². The van der Waals surface area contributed by atoms with Crippen LogP contribution in [0.3, 0.4) is 0 Å². The third kappa shape index (κ3) is 4.28. The van der Waals surface area contributed by atoms with Crippen molar-refractivity contribution >= 4 is 26.1 Å². The molecule has 0 spiro atoms. The average molecular weight is 320 g/mol. The lowest BCUT2D eigenvalue weighted by atomic mass is 9.84.